The first-order valence-electron chi connectivity index (χ1n) is 7.35. The summed E-state index contributed by atoms with van der Waals surface area (Å²) < 4.78 is 14.3. The first-order valence-corrected chi connectivity index (χ1v) is 8.23. The predicted octanol–water partition coefficient (Wildman–Crippen LogP) is 2.63. The molecule has 1 aliphatic rings. The summed E-state index contributed by atoms with van der Waals surface area (Å²) in [4.78, 5) is 16.9. The van der Waals surface area contributed by atoms with E-state index in [9.17, 15) is 9.18 Å². The first-order chi connectivity index (χ1) is 10.6. The second-order valence-corrected chi connectivity index (χ2v) is 6.30. The van der Waals surface area contributed by atoms with Crippen molar-refractivity contribution in [1.29, 1.82) is 0 Å². The van der Waals surface area contributed by atoms with Crippen molar-refractivity contribution in [2.45, 2.75) is 32.4 Å². The molecule has 1 fully saturated rings. The molecule has 0 saturated carbocycles. The van der Waals surface area contributed by atoms with Crippen LogP contribution in [0.5, 0.6) is 0 Å². The van der Waals surface area contributed by atoms with Crippen molar-refractivity contribution in [2.75, 3.05) is 6.54 Å². The predicted molar refractivity (Wildman–Crippen MR) is 85.1 cm³/mol. The number of aryl methyl sites for hydroxylation is 1. The van der Waals surface area contributed by atoms with Crippen LogP contribution in [-0.4, -0.2) is 23.5 Å². The number of nitrogens with one attached hydrogen (secondary N) is 2. The van der Waals surface area contributed by atoms with Gasteiger partial charge in [0.25, 0.3) is 0 Å². The minimum Gasteiger partial charge on any atom is -0.351 e. The summed E-state index contributed by atoms with van der Waals surface area (Å²) in [6.07, 6.45) is 1.89. The molecule has 116 valence electrons. The molecule has 0 aliphatic carbocycles. The molecule has 3 rings (SSSR count). The summed E-state index contributed by atoms with van der Waals surface area (Å²) in [5.74, 6) is -0.293. The van der Waals surface area contributed by atoms with Gasteiger partial charge in [0.1, 0.15) is 5.82 Å². The van der Waals surface area contributed by atoms with Gasteiger partial charge in [-0.3, -0.25) is 4.79 Å². The number of thiazole rings is 1. The van der Waals surface area contributed by atoms with E-state index in [2.05, 4.69) is 15.6 Å². The van der Waals surface area contributed by atoms with Gasteiger partial charge < -0.3 is 10.6 Å². The number of hydrogen-bond donors (Lipinski definition) is 2. The quantitative estimate of drug-likeness (QED) is 0.911. The monoisotopic (exact) mass is 319 g/mol. The Balaban J connectivity index is 1.67. The second kappa shape index (κ2) is 6.54. The second-order valence-electron chi connectivity index (χ2n) is 5.45. The Labute approximate surface area is 132 Å². The molecular formula is C16H18FN3OS. The van der Waals surface area contributed by atoms with Crippen molar-refractivity contribution in [3.63, 3.8) is 0 Å². The molecule has 22 heavy (non-hydrogen) atoms. The lowest BCUT2D eigenvalue weighted by atomic mass is 10.1. The molecule has 1 saturated heterocycles. The molecule has 0 spiro atoms. The van der Waals surface area contributed by atoms with Crippen LogP contribution in [0.25, 0.3) is 10.4 Å². The van der Waals surface area contributed by atoms with E-state index in [-0.39, 0.29) is 17.8 Å². The number of halogens is 1. The van der Waals surface area contributed by atoms with Crippen molar-refractivity contribution in [3.05, 3.63) is 40.8 Å². The Morgan fingerprint density at radius 1 is 1.55 bits per heavy atom. The van der Waals surface area contributed by atoms with E-state index in [0.29, 0.717) is 12.1 Å². The maximum Gasteiger partial charge on any atom is 0.237 e. The lowest BCUT2D eigenvalue weighted by Crippen LogP contribution is -2.40. The molecule has 2 heterocycles. The van der Waals surface area contributed by atoms with Gasteiger partial charge in [0.2, 0.25) is 5.91 Å². The Hall–Kier alpha value is -1.79. The van der Waals surface area contributed by atoms with Gasteiger partial charge in [0.15, 0.2) is 0 Å². The van der Waals surface area contributed by atoms with E-state index in [4.69, 9.17) is 0 Å². The van der Waals surface area contributed by atoms with E-state index in [0.717, 1.165) is 35.5 Å². The average molecular weight is 319 g/mol. The maximum absolute atomic E-state index is 14.3. The third kappa shape index (κ3) is 3.18. The highest BCUT2D eigenvalue weighted by molar-refractivity contribution is 7.13. The van der Waals surface area contributed by atoms with Crippen molar-refractivity contribution in [3.8, 4) is 10.4 Å². The van der Waals surface area contributed by atoms with Crippen LogP contribution in [0.15, 0.2) is 23.7 Å². The molecule has 1 aromatic heterocycles. The molecule has 1 amide bonds. The molecule has 1 aromatic carbocycles. The van der Waals surface area contributed by atoms with E-state index in [1.165, 1.54) is 17.4 Å². The molecular weight excluding hydrogens is 301 g/mol. The van der Waals surface area contributed by atoms with Crippen LogP contribution in [-0.2, 0) is 11.3 Å². The summed E-state index contributed by atoms with van der Waals surface area (Å²) in [5, 5.41) is 6.00. The van der Waals surface area contributed by atoms with Crippen LogP contribution in [0, 0.1) is 12.7 Å². The fraction of sp³-hybridized carbons (Fsp3) is 0.375. The SMILES string of the molecule is Cc1ncsc1-c1ccc(CNC(=O)C2CCCN2)cc1F. The van der Waals surface area contributed by atoms with Crippen LogP contribution >= 0.6 is 11.3 Å². The molecule has 0 radical (unpaired) electrons. The normalized spacial score (nSPS) is 17.6. The van der Waals surface area contributed by atoms with Crippen molar-refractivity contribution in [2.24, 2.45) is 0 Å². The first kappa shape index (κ1) is 15.1. The Kier molecular flexibility index (Phi) is 4.49. The number of benzene rings is 1. The van der Waals surface area contributed by atoms with Gasteiger partial charge in [-0.1, -0.05) is 12.1 Å². The van der Waals surface area contributed by atoms with Gasteiger partial charge in [-0.15, -0.1) is 11.3 Å². The minimum atomic E-state index is -0.280. The number of hydrogen-bond acceptors (Lipinski definition) is 4. The molecule has 2 aromatic rings. The standard InChI is InChI=1S/C16H18FN3OS/c1-10-15(22-9-20-10)12-5-4-11(7-13(12)17)8-19-16(21)14-3-2-6-18-14/h4-5,7,9,14,18H,2-3,6,8H2,1H3,(H,19,21). The fourth-order valence-electron chi connectivity index (χ4n) is 2.63. The molecule has 1 aliphatic heterocycles. The summed E-state index contributed by atoms with van der Waals surface area (Å²) in [5.41, 5.74) is 3.87. The largest absolute Gasteiger partial charge is 0.351 e. The minimum absolute atomic E-state index is 0.0136. The topological polar surface area (TPSA) is 54.0 Å². The lowest BCUT2D eigenvalue weighted by Gasteiger charge is -2.11. The Morgan fingerprint density at radius 2 is 2.41 bits per heavy atom. The van der Waals surface area contributed by atoms with Crippen LogP contribution in [0.1, 0.15) is 24.1 Å². The van der Waals surface area contributed by atoms with Crippen LogP contribution in [0.2, 0.25) is 0 Å². The number of nitrogens with zero attached hydrogens (tertiary/aromatic N) is 1. The number of carbonyl (C=O) groups is 1. The molecule has 1 unspecified atom stereocenters. The summed E-state index contributed by atoms with van der Waals surface area (Å²) in [6.45, 7) is 3.10. The molecule has 1 atom stereocenters. The number of carbonyl (C=O) groups excluding carboxylic acids is 1. The molecule has 6 heteroatoms. The Morgan fingerprint density at radius 3 is 3.05 bits per heavy atom. The van der Waals surface area contributed by atoms with Crippen molar-refractivity contribution in [1.82, 2.24) is 15.6 Å². The zero-order valence-electron chi connectivity index (χ0n) is 12.4. The van der Waals surface area contributed by atoms with Gasteiger partial charge >= 0.3 is 0 Å². The summed E-state index contributed by atoms with van der Waals surface area (Å²) in [7, 11) is 0. The van der Waals surface area contributed by atoms with Crippen LogP contribution in [0.3, 0.4) is 0 Å². The van der Waals surface area contributed by atoms with Crippen molar-refractivity contribution < 1.29 is 9.18 Å². The van der Waals surface area contributed by atoms with E-state index in [1.54, 1.807) is 11.6 Å². The number of amides is 1. The molecule has 4 nitrogen and oxygen atoms in total. The Bertz CT molecular complexity index is 680. The van der Waals surface area contributed by atoms with E-state index in [1.807, 2.05) is 13.0 Å². The van der Waals surface area contributed by atoms with Gasteiger partial charge in [-0.25, -0.2) is 9.37 Å². The number of rotatable bonds is 4. The average Bonchev–Trinajstić information content (AvgIpc) is 3.16. The van der Waals surface area contributed by atoms with Gasteiger partial charge in [0, 0.05) is 12.1 Å². The molecule has 0 bridgehead atoms. The third-order valence-electron chi connectivity index (χ3n) is 3.87. The van der Waals surface area contributed by atoms with Gasteiger partial charge in [-0.2, -0.15) is 0 Å². The highest BCUT2D eigenvalue weighted by Gasteiger charge is 2.21. The lowest BCUT2D eigenvalue weighted by molar-refractivity contribution is -0.122. The smallest absolute Gasteiger partial charge is 0.237 e. The van der Waals surface area contributed by atoms with E-state index >= 15 is 0 Å². The van der Waals surface area contributed by atoms with E-state index < -0.39 is 0 Å². The highest BCUT2D eigenvalue weighted by Crippen LogP contribution is 2.29. The van der Waals surface area contributed by atoms with Crippen molar-refractivity contribution >= 4 is 17.2 Å². The maximum atomic E-state index is 14.3. The van der Waals surface area contributed by atoms with Crippen LogP contribution in [0.4, 0.5) is 4.39 Å². The third-order valence-corrected chi connectivity index (χ3v) is 4.83. The molecule has 2 N–H and O–H groups in total. The van der Waals surface area contributed by atoms with Gasteiger partial charge in [0.05, 0.1) is 22.1 Å². The number of aromatic nitrogens is 1. The zero-order valence-corrected chi connectivity index (χ0v) is 13.2. The highest BCUT2D eigenvalue weighted by atomic mass is 32.1. The fourth-order valence-corrected chi connectivity index (χ4v) is 3.47. The summed E-state index contributed by atoms with van der Waals surface area (Å²) in [6, 6.07) is 4.98. The van der Waals surface area contributed by atoms with Crippen LogP contribution < -0.4 is 10.6 Å². The zero-order chi connectivity index (χ0) is 15.5. The summed E-state index contributed by atoms with van der Waals surface area (Å²) >= 11 is 1.43. The van der Waals surface area contributed by atoms with Gasteiger partial charge in [-0.05, 0) is 37.9 Å².